The van der Waals surface area contributed by atoms with Gasteiger partial charge < -0.3 is 14.9 Å². The normalized spacial score (nSPS) is 12.5. The molecule has 0 aromatic rings. The van der Waals surface area contributed by atoms with Gasteiger partial charge in [-0.25, -0.2) is 0 Å². The van der Waals surface area contributed by atoms with Crippen molar-refractivity contribution >= 4 is 11.8 Å². The van der Waals surface area contributed by atoms with Crippen LogP contribution in [0.4, 0.5) is 0 Å². The van der Waals surface area contributed by atoms with Gasteiger partial charge in [-0.2, -0.15) is 0 Å². The largest absolute Gasteiger partial charge is 0.481 e. The maximum atomic E-state index is 10.9. The summed E-state index contributed by atoms with van der Waals surface area (Å²) in [6.07, 6.45) is -0.724. The summed E-state index contributed by atoms with van der Waals surface area (Å²) in [6, 6.07) is 0. The third kappa shape index (κ3) is 7.42. The van der Waals surface area contributed by atoms with Crippen LogP contribution in [0.1, 0.15) is 19.8 Å². The van der Waals surface area contributed by atoms with E-state index in [0.717, 1.165) is 0 Å². The molecule has 0 aromatic heterocycles. The molecule has 0 aromatic carbocycles. The summed E-state index contributed by atoms with van der Waals surface area (Å²) in [7, 11) is 0. The fourth-order valence-electron chi connectivity index (χ4n) is 0.874. The van der Waals surface area contributed by atoms with E-state index in [2.05, 4.69) is 0 Å². The molecule has 1 unspecified atom stereocenters. The quantitative estimate of drug-likeness (QED) is 0.544. The van der Waals surface area contributed by atoms with Crippen LogP contribution < -0.4 is 0 Å². The van der Waals surface area contributed by atoms with Crippen molar-refractivity contribution in [1.82, 2.24) is 0 Å². The lowest BCUT2D eigenvalue weighted by atomic mass is 10.1. The van der Waals surface area contributed by atoms with E-state index in [0.29, 0.717) is 0 Å². The topological polar surface area (TPSA) is 83.8 Å². The van der Waals surface area contributed by atoms with Gasteiger partial charge in [-0.05, 0) is 6.92 Å². The van der Waals surface area contributed by atoms with Crippen molar-refractivity contribution in [3.63, 3.8) is 0 Å². The Morgan fingerprint density at radius 3 is 2.54 bits per heavy atom. The highest BCUT2D eigenvalue weighted by molar-refractivity contribution is 5.94. The van der Waals surface area contributed by atoms with Gasteiger partial charge in [-0.3, -0.25) is 9.59 Å². The van der Waals surface area contributed by atoms with E-state index in [9.17, 15) is 9.59 Å². The van der Waals surface area contributed by atoms with E-state index in [-0.39, 0.29) is 31.5 Å². The third-order valence-electron chi connectivity index (χ3n) is 1.36. The number of carboxylic acids is 1. The molecule has 0 aliphatic carbocycles. The molecule has 5 nitrogen and oxygen atoms in total. The first-order chi connectivity index (χ1) is 6.06. The fraction of sp³-hybridized carbons (Fsp3) is 0.750. The summed E-state index contributed by atoms with van der Waals surface area (Å²) < 4.78 is 4.98. The van der Waals surface area contributed by atoms with E-state index in [1.165, 1.54) is 0 Å². The van der Waals surface area contributed by atoms with Crippen molar-refractivity contribution < 1.29 is 24.5 Å². The number of hydrogen-bond donors (Lipinski definition) is 2. The fourth-order valence-corrected chi connectivity index (χ4v) is 0.874. The van der Waals surface area contributed by atoms with Crippen molar-refractivity contribution in [2.45, 2.75) is 25.9 Å². The lowest BCUT2D eigenvalue weighted by molar-refractivity contribution is -0.140. The SMILES string of the molecule is CC(CC(=O)CC(=O)O)OCCO. The molecule has 0 aliphatic heterocycles. The average molecular weight is 190 g/mol. The smallest absolute Gasteiger partial charge is 0.310 e. The Balaban J connectivity index is 3.59. The molecule has 13 heavy (non-hydrogen) atoms. The average Bonchev–Trinajstić information content (AvgIpc) is 1.98. The zero-order chi connectivity index (χ0) is 10.3. The lowest BCUT2D eigenvalue weighted by Crippen LogP contribution is -2.18. The lowest BCUT2D eigenvalue weighted by Gasteiger charge is -2.09. The second-order valence-electron chi connectivity index (χ2n) is 2.72. The van der Waals surface area contributed by atoms with Crippen LogP contribution >= 0.6 is 0 Å². The molecule has 0 heterocycles. The van der Waals surface area contributed by atoms with Gasteiger partial charge in [-0.15, -0.1) is 0 Å². The second-order valence-corrected chi connectivity index (χ2v) is 2.72. The minimum Gasteiger partial charge on any atom is -0.481 e. The minimum atomic E-state index is -1.13. The number of aliphatic hydroxyl groups excluding tert-OH is 1. The molecule has 0 saturated carbocycles. The zero-order valence-corrected chi connectivity index (χ0v) is 7.52. The van der Waals surface area contributed by atoms with E-state index >= 15 is 0 Å². The Morgan fingerprint density at radius 1 is 1.46 bits per heavy atom. The maximum absolute atomic E-state index is 10.9. The molecule has 0 fully saturated rings. The summed E-state index contributed by atoms with van der Waals surface area (Å²) in [6.45, 7) is 1.73. The number of aliphatic carboxylic acids is 1. The number of carboxylic acid groups (broad SMARTS) is 1. The maximum Gasteiger partial charge on any atom is 0.310 e. The van der Waals surface area contributed by atoms with Gasteiger partial charge in [0, 0.05) is 6.42 Å². The summed E-state index contributed by atoms with van der Waals surface area (Å²) in [5, 5.41) is 16.7. The number of aliphatic hydroxyl groups is 1. The van der Waals surface area contributed by atoms with Crippen LogP contribution in [-0.4, -0.2) is 41.3 Å². The number of carbonyl (C=O) groups excluding carboxylic acids is 1. The Hall–Kier alpha value is -0.940. The first kappa shape index (κ1) is 12.1. The molecule has 0 saturated heterocycles. The number of hydrogen-bond acceptors (Lipinski definition) is 4. The highest BCUT2D eigenvalue weighted by atomic mass is 16.5. The van der Waals surface area contributed by atoms with Crippen LogP contribution in [0.2, 0.25) is 0 Å². The van der Waals surface area contributed by atoms with Gasteiger partial charge >= 0.3 is 5.97 Å². The van der Waals surface area contributed by atoms with Gasteiger partial charge in [0.1, 0.15) is 12.2 Å². The highest BCUT2D eigenvalue weighted by Gasteiger charge is 2.12. The van der Waals surface area contributed by atoms with E-state index in [1.807, 2.05) is 0 Å². The van der Waals surface area contributed by atoms with Crippen molar-refractivity contribution in [1.29, 1.82) is 0 Å². The Morgan fingerprint density at radius 2 is 2.08 bits per heavy atom. The van der Waals surface area contributed by atoms with E-state index in [1.54, 1.807) is 6.92 Å². The first-order valence-electron chi connectivity index (χ1n) is 4.02. The van der Waals surface area contributed by atoms with Crippen molar-refractivity contribution in [3.8, 4) is 0 Å². The molecule has 2 N–H and O–H groups in total. The number of ether oxygens (including phenoxy) is 1. The summed E-state index contributed by atoms with van der Waals surface area (Å²) in [5.41, 5.74) is 0. The van der Waals surface area contributed by atoms with Crippen LogP contribution in [0, 0.1) is 0 Å². The molecule has 5 heteroatoms. The predicted molar refractivity (Wildman–Crippen MR) is 44.4 cm³/mol. The van der Waals surface area contributed by atoms with Crippen molar-refractivity contribution in [3.05, 3.63) is 0 Å². The van der Waals surface area contributed by atoms with Gasteiger partial charge in [0.05, 0.1) is 19.3 Å². The number of rotatable bonds is 7. The molecule has 76 valence electrons. The summed E-state index contributed by atoms with van der Waals surface area (Å²) in [4.78, 5) is 21.0. The molecule has 0 rings (SSSR count). The number of ketones is 1. The number of carbonyl (C=O) groups is 2. The third-order valence-corrected chi connectivity index (χ3v) is 1.36. The van der Waals surface area contributed by atoms with Crippen LogP contribution in [0.5, 0.6) is 0 Å². The first-order valence-corrected chi connectivity index (χ1v) is 4.02. The van der Waals surface area contributed by atoms with Gasteiger partial charge in [0.25, 0.3) is 0 Å². The van der Waals surface area contributed by atoms with E-state index in [4.69, 9.17) is 14.9 Å². The van der Waals surface area contributed by atoms with Crippen LogP contribution in [0.3, 0.4) is 0 Å². The Kier molecular flexibility index (Phi) is 6.09. The second kappa shape index (κ2) is 6.56. The molecule has 0 radical (unpaired) electrons. The summed E-state index contributed by atoms with van der Waals surface area (Å²) >= 11 is 0. The van der Waals surface area contributed by atoms with Gasteiger partial charge in [0.2, 0.25) is 0 Å². The van der Waals surface area contributed by atoms with Crippen molar-refractivity contribution in [2.24, 2.45) is 0 Å². The summed E-state index contributed by atoms with van der Waals surface area (Å²) in [5.74, 6) is -1.49. The molecular formula is C8H14O5. The molecule has 1 atom stereocenters. The standard InChI is InChI=1S/C8H14O5/c1-6(13-3-2-9)4-7(10)5-8(11)12/h6,9H,2-5H2,1H3,(H,11,12). The molecule has 0 spiro atoms. The minimum absolute atomic E-state index is 0.0757. The highest BCUT2D eigenvalue weighted by Crippen LogP contribution is 2.00. The molecule has 0 amide bonds. The van der Waals surface area contributed by atoms with E-state index < -0.39 is 12.4 Å². The Bertz CT molecular complexity index is 177. The van der Waals surface area contributed by atoms with Crippen molar-refractivity contribution in [2.75, 3.05) is 13.2 Å². The zero-order valence-electron chi connectivity index (χ0n) is 7.52. The molecule has 0 bridgehead atoms. The Labute approximate surface area is 76.3 Å². The van der Waals surface area contributed by atoms with Gasteiger partial charge in [0.15, 0.2) is 0 Å². The van der Waals surface area contributed by atoms with Crippen LogP contribution in [0.15, 0.2) is 0 Å². The van der Waals surface area contributed by atoms with Crippen LogP contribution in [0.25, 0.3) is 0 Å². The molecular weight excluding hydrogens is 176 g/mol. The molecule has 0 aliphatic rings. The predicted octanol–water partition coefficient (Wildman–Crippen LogP) is -0.182. The van der Waals surface area contributed by atoms with Gasteiger partial charge in [-0.1, -0.05) is 0 Å². The number of Topliss-reactive ketones (excluding diaryl/α,β-unsaturated/α-hetero) is 1. The van der Waals surface area contributed by atoms with Crippen LogP contribution in [-0.2, 0) is 14.3 Å². The monoisotopic (exact) mass is 190 g/mol.